The van der Waals surface area contributed by atoms with Crippen molar-refractivity contribution in [3.63, 3.8) is 0 Å². The van der Waals surface area contributed by atoms with Gasteiger partial charge in [-0.05, 0) is 23.8 Å². The van der Waals surface area contributed by atoms with Gasteiger partial charge in [0.2, 0.25) is 0 Å². The van der Waals surface area contributed by atoms with Crippen LogP contribution in [0.5, 0.6) is 0 Å². The monoisotopic (exact) mass is 316 g/mol. The molecule has 0 saturated carbocycles. The summed E-state index contributed by atoms with van der Waals surface area (Å²) >= 11 is 11.1. The van der Waals surface area contributed by atoms with Crippen molar-refractivity contribution in [1.29, 1.82) is 0 Å². The van der Waals surface area contributed by atoms with E-state index >= 15 is 0 Å². The molecule has 16 heavy (non-hydrogen) atoms. The maximum atomic E-state index is 6.08. The summed E-state index contributed by atoms with van der Waals surface area (Å²) in [6.45, 7) is 1.52. The molecule has 0 unspecified atom stereocenters. The maximum Gasteiger partial charge on any atom is 0.0795 e. The van der Waals surface area contributed by atoms with Crippen LogP contribution in [0.4, 0.5) is 0 Å². The fourth-order valence-corrected chi connectivity index (χ4v) is 2.48. The lowest BCUT2D eigenvalue weighted by atomic mass is 10.2. The van der Waals surface area contributed by atoms with E-state index in [-0.39, 0.29) is 0 Å². The Morgan fingerprint density at radius 2 is 2.25 bits per heavy atom. The van der Waals surface area contributed by atoms with Gasteiger partial charge in [0.05, 0.1) is 11.2 Å². The van der Waals surface area contributed by atoms with E-state index < -0.39 is 0 Å². The summed E-state index contributed by atoms with van der Waals surface area (Å²) in [5.41, 5.74) is 3.99. The maximum absolute atomic E-state index is 6.08. The summed E-state index contributed by atoms with van der Waals surface area (Å²) in [6, 6.07) is 5.86. The second kappa shape index (κ2) is 5.77. The third kappa shape index (κ3) is 3.28. The van der Waals surface area contributed by atoms with E-state index in [0.29, 0.717) is 0 Å². The summed E-state index contributed by atoms with van der Waals surface area (Å²) in [5.74, 6) is 0. The van der Waals surface area contributed by atoms with Crippen molar-refractivity contribution in [1.82, 2.24) is 10.3 Å². The third-order valence-electron chi connectivity index (χ3n) is 2.11. The van der Waals surface area contributed by atoms with Crippen molar-refractivity contribution >= 4 is 38.9 Å². The van der Waals surface area contributed by atoms with Crippen molar-refractivity contribution in [2.75, 3.05) is 0 Å². The van der Waals surface area contributed by atoms with E-state index in [2.05, 4.69) is 26.2 Å². The normalized spacial score (nSPS) is 10.6. The molecule has 1 N–H and O–H groups in total. The molecule has 2 rings (SSSR count). The van der Waals surface area contributed by atoms with Gasteiger partial charge in [0, 0.05) is 28.0 Å². The fourth-order valence-electron chi connectivity index (χ4n) is 1.33. The van der Waals surface area contributed by atoms with Crippen LogP contribution in [-0.4, -0.2) is 4.98 Å². The summed E-state index contributed by atoms with van der Waals surface area (Å²) < 4.78 is 1.04. The molecule has 1 aromatic heterocycles. The van der Waals surface area contributed by atoms with E-state index in [1.807, 2.05) is 29.1 Å². The molecule has 1 heterocycles. The van der Waals surface area contributed by atoms with E-state index in [9.17, 15) is 0 Å². The molecule has 5 heteroatoms. The van der Waals surface area contributed by atoms with Crippen LogP contribution in [0.1, 0.15) is 11.3 Å². The Morgan fingerprint density at radius 3 is 3.00 bits per heavy atom. The zero-order valence-electron chi connectivity index (χ0n) is 8.41. The molecule has 2 nitrogen and oxygen atoms in total. The predicted octanol–water partition coefficient (Wildman–Crippen LogP) is 3.85. The number of hydrogen-bond donors (Lipinski definition) is 1. The zero-order valence-corrected chi connectivity index (χ0v) is 11.6. The molecule has 0 aliphatic carbocycles. The minimum atomic E-state index is 0.746. The first kappa shape index (κ1) is 12.0. The van der Waals surface area contributed by atoms with E-state index in [0.717, 1.165) is 33.8 Å². The van der Waals surface area contributed by atoms with Crippen molar-refractivity contribution < 1.29 is 0 Å². The van der Waals surface area contributed by atoms with Gasteiger partial charge in [-0.3, -0.25) is 0 Å². The highest BCUT2D eigenvalue weighted by atomic mass is 79.9. The largest absolute Gasteiger partial charge is 0.307 e. The number of benzene rings is 1. The summed E-state index contributed by atoms with van der Waals surface area (Å²) in [7, 11) is 0. The summed E-state index contributed by atoms with van der Waals surface area (Å²) in [4.78, 5) is 4.20. The van der Waals surface area contributed by atoms with Crippen molar-refractivity contribution in [2.24, 2.45) is 0 Å². The molecule has 0 amide bonds. The molecule has 0 fully saturated rings. The van der Waals surface area contributed by atoms with Crippen LogP contribution < -0.4 is 5.32 Å². The Kier molecular flexibility index (Phi) is 4.35. The number of hydrogen-bond acceptors (Lipinski definition) is 3. The molecule has 0 aliphatic rings. The lowest BCUT2D eigenvalue weighted by Gasteiger charge is -2.06. The van der Waals surface area contributed by atoms with Gasteiger partial charge in [-0.15, -0.1) is 11.3 Å². The van der Waals surface area contributed by atoms with Crippen LogP contribution in [0.3, 0.4) is 0 Å². The smallest absolute Gasteiger partial charge is 0.0795 e. The van der Waals surface area contributed by atoms with Gasteiger partial charge in [-0.25, -0.2) is 4.98 Å². The van der Waals surface area contributed by atoms with Crippen LogP contribution in [0.15, 0.2) is 33.6 Å². The average Bonchev–Trinajstić information content (AvgIpc) is 2.76. The van der Waals surface area contributed by atoms with Gasteiger partial charge in [-0.2, -0.15) is 0 Å². The van der Waals surface area contributed by atoms with Crippen molar-refractivity contribution in [2.45, 2.75) is 13.1 Å². The molecular weight excluding hydrogens is 308 g/mol. The van der Waals surface area contributed by atoms with Crippen LogP contribution in [0.2, 0.25) is 5.02 Å². The molecule has 0 aliphatic heterocycles. The number of thiazole rings is 1. The number of rotatable bonds is 4. The van der Waals surface area contributed by atoms with Gasteiger partial charge < -0.3 is 5.32 Å². The Morgan fingerprint density at radius 1 is 1.38 bits per heavy atom. The Hall–Kier alpha value is -0.420. The van der Waals surface area contributed by atoms with Crippen LogP contribution >= 0.6 is 38.9 Å². The minimum Gasteiger partial charge on any atom is -0.307 e. The number of halogens is 2. The first-order valence-corrected chi connectivity index (χ1v) is 6.89. The molecule has 0 bridgehead atoms. The first-order valence-electron chi connectivity index (χ1n) is 4.77. The van der Waals surface area contributed by atoms with Gasteiger partial charge in [0.15, 0.2) is 0 Å². The highest BCUT2D eigenvalue weighted by Gasteiger charge is 2.01. The molecule has 2 aromatic rings. The SMILES string of the molecule is Clc1ccc(Br)cc1CNCc1cscn1. The topological polar surface area (TPSA) is 24.9 Å². The molecular formula is C11H10BrClN2S. The molecule has 84 valence electrons. The fraction of sp³-hybridized carbons (Fsp3) is 0.182. The number of aromatic nitrogens is 1. The minimum absolute atomic E-state index is 0.746. The highest BCUT2D eigenvalue weighted by molar-refractivity contribution is 9.10. The zero-order chi connectivity index (χ0) is 11.4. The number of nitrogens with zero attached hydrogens (tertiary/aromatic N) is 1. The highest BCUT2D eigenvalue weighted by Crippen LogP contribution is 2.20. The molecule has 0 atom stereocenters. The molecule has 1 aromatic carbocycles. The summed E-state index contributed by atoms with van der Waals surface area (Å²) in [6.07, 6.45) is 0. The van der Waals surface area contributed by atoms with Crippen LogP contribution in [-0.2, 0) is 13.1 Å². The average molecular weight is 318 g/mol. The molecule has 0 radical (unpaired) electrons. The Balaban J connectivity index is 1.92. The van der Waals surface area contributed by atoms with Gasteiger partial charge >= 0.3 is 0 Å². The predicted molar refractivity (Wildman–Crippen MR) is 71.8 cm³/mol. The standard InChI is InChI=1S/C11H10BrClN2S/c12-9-1-2-11(13)8(3-9)4-14-5-10-6-16-7-15-10/h1-3,6-7,14H,4-5H2. The Labute approximate surface area is 112 Å². The summed E-state index contributed by atoms with van der Waals surface area (Å²) in [5, 5.41) is 6.13. The van der Waals surface area contributed by atoms with Crippen molar-refractivity contribution in [3.8, 4) is 0 Å². The first-order chi connectivity index (χ1) is 7.75. The van der Waals surface area contributed by atoms with Crippen molar-refractivity contribution in [3.05, 3.63) is 49.8 Å². The second-order valence-electron chi connectivity index (χ2n) is 3.32. The third-order valence-corrected chi connectivity index (χ3v) is 3.61. The molecule has 0 saturated heterocycles. The van der Waals surface area contributed by atoms with Gasteiger partial charge in [-0.1, -0.05) is 27.5 Å². The van der Waals surface area contributed by atoms with Gasteiger partial charge in [0.1, 0.15) is 0 Å². The van der Waals surface area contributed by atoms with Crippen LogP contribution in [0, 0.1) is 0 Å². The van der Waals surface area contributed by atoms with Gasteiger partial charge in [0.25, 0.3) is 0 Å². The van der Waals surface area contributed by atoms with E-state index in [1.165, 1.54) is 0 Å². The van der Waals surface area contributed by atoms with E-state index in [4.69, 9.17) is 11.6 Å². The van der Waals surface area contributed by atoms with Crippen LogP contribution in [0.25, 0.3) is 0 Å². The lowest BCUT2D eigenvalue weighted by Crippen LogP contribution is -2.13. The number of nitrogens with one attached hydrogen (secondary N) is 1. The quantitative estimate of drug-likeness (QED) is 0.926. The van der Waals surface area contributed by atoms with E-state index in [1.54, 1.807) is 11.3 Å². The Bertz CT molecular complexity index is 459. The lowest BCUT2D eigenvalue weighted by molar-refractivity contribution is 0.682. The second-order valence-corrected chi connectivity index (χ2v) is 5.36. The molecule has 0 spiro atoms.